The van der Waals surface area contributed by atoms with Gasteiger partial charge in [-0.3, -0.25) is 9.59 Å². The van der Waals surface area contributed by atoms with E-state index >= 15 is 0 Å². The summed E-state index contributed by atoms with van der Waals surface area (Å²) in [7, 11) is 0. The summed E-state index contributed by atoms with van der Waals surface area (Å²) in [5.74, 6) is -2.85. The van der Waals surface area contributed by atoms with Gasteiger partial charge in [0.15, 0.2) is 0 Å². The summed E-state index contributed by atoms with van der Waals surface area (Å²) in [6, 6.07) is 29.8. The van der Waals surface area contributed by atoms with Crippen LogP contribution in [0, 0.1) is 5.41 Å². The van der Waals surface area contributed by atoms with Crippen molar-refractivity contribution >= 4 is 78.2 Å². The molecule has 7 N–H and O–H groups in total. The van der Waals surface area contributed by atoms with Gasteiger partial charge in [0.1, 0.15) is 11.5 Å². The lowest BCUT2D eigenvalue weighted by molar-refractivity contribution is 0.0684. The molecule has 7 aromatic carbocycles. The number of anilines is 2. The highest BCUT2D eigenvalue weighted by Gasteiger charge is 2.24. The molecular formula is C47H43N3O7. The van der Waals surface area contributed by atoms with Crippen LogP contribution in [0.5, 0.6) is 11.5 Å². The van der Waals surface area contributed by atoms with Gasteiger partial charge in [0.2, 0.25) is 5.91 Å². The Morgan fingerprint density at radius 2 is 1.28 bits per heavy atom. The first-order valence-corrected chi connectivity index (χ1v) is 18.6. The third-order valence-electron chi connectivity index (χ3n) is 10.6. The fraction of sp³-hybridized carbons (Fsp3) is 0.191. The van der Waals surface area contributed by atoms with Gasteiger partial charge in [-0.15, -0.1) is 0 Å². The Kier molecular flexibility index (Phi) is 9.61. The van der Waals surface area contributed by atoms with Crippen molar-refractivity contribution in [2.45, 2.75) is 52.9 Å². The molecule has 0 radical (unpaired) electrons. The number of carbonyl (C=O) groups is 4. The summed E-state index contributed by atoms with van der Waals surface area (Å²) in [6.45, 7) is 11.3. The van der Waals surface area contributed by atoms with Gasteiger partial charge in [-0.1, -0.05) is 58.9 Å². The van der Waals surface area contributed by atoms with Gasteiger partial charge in [0, 0.05) is 27.7 Å². The Bertz CT molecular complexity index is 2820. The number of aromatic carboxylic acids is 2. The molecule has 10 nitrogen and oxygen atoms in total. The topological polar surface area (TPSA) is 182 Å². The number of carboxylic acids is 2. The van der Waals surface area contributed by atoms with E-state index in [0.29, 0.717) is 44.4 Å². The molecule has 0 aliphatic rings. The Morgan fingerprint density at radius 3 is 1.93 bits per heavy atom. The maximum Gasteiger partial charge on any atom is 0.336 e. The van der Waals surface area contributed by atoms with E-state index in [9.17, 15) is 29.4 Å². The van der Waals surface area contributed by atoms with Crippen LogP contribution in [0.15, 0.2) is 103 Å². The third-order valence-corrected chi connectivity index (χ3v) is 10.6. The number of rotatable bonds is 10. The highest BCUT2D eigenvalue weighted by Crippen LogP contribution is 2.41. The molecule has 288 valence electrons. The summed E-state index contributed by atoms with van der Waals surface area (Å²) in [5.41, 5.74) is 13.5. The Hall–Kier alpha value is -6.94. The maximum atomic E-state index is 14.0. The van der Waals surface area contributed by atoms with Crippen LogP contribution < -0.4 is 21.5 Å². The van der Waals surface area contributed by atoms with Crippen molar-refractivity contribution in [1.29, 1.82) is 0 Å². The zero-order valence-electron chi connectivity index (χ0n) is 32.3. The summed E-state index contributed by atoms with van der Waals surface area (Å²) in [6.07, 6.45) is 2.15. The number of carbonyl (C=O) groups excluding carboxylic acids is 2. The van der Waals surface area contributed by atoms with E-state index in [4.69, 9.17) is 16.2 Å². The number of nitrogens with two attached hydrogens (primary N) is 2. The van der Waals surface area contributed by atoms with E-state index in [0.717, 1.165) is 34.4 Å². The molecule has 57 heavy (non-hydrogen) atoms. The Labute approximate surface area is 329 Å². The van der Waals surface area contributed by atoms with Crippen LogP contribution in [-0.4, -0.2) is 34.0 Å². The SMILES string of the molecule is CC(C)(C)CCC(C)(C)c1ccc(Oc2c3ccc(N)cc3cc3cc(NC(=O)c4cc(C(=O)O)cc5c4ccc4cc(C(N)=O)c(C(=O)O)cc45)ccc23)cc1. The van der Waals surface area contributed by atoms with E-state index in [2.05, 4.69) is 52.1 Å². The van der Waals surface area contributed by atoms with Crippen LogP contribution in [0.1, 0.15) is 94.5 Å². The second kappa shape index (κ2) is 14.3. The smallest absolute Gasteiger partial charge is 0.336 e. The normalized spacial score (nSPS) is 11.9. The van der Waals surface area contributed by atoms with E-state index in [1.807, 2.05) is 48.5 Å². The molecule has 0 heterocycles. The largest absolute Gasteiger partial charge is 0.478 e. The molecule has 0 bridgehead atoms. The number of hydrogen-bond donors (Lipinski definition) is 5. The standard InChI is InChI=1S/C47H43N3O7/c1-46(2,3)16-17-47(4,5)29-7-11-32(12-8-29)57-41-33-14-9-30(48)19-26(33)18-27-20-31(10-15-34(27)41)50-43(52)39-23-28(44(53)54)22-37-35(39)13-6-25-21-38(42(49)51)40(45(55)56)24-36(25)37/h6-15,18-24H,16-17,48H2,1-5H3,(H2,49,51)(H,50,52)(H,53,54)(H,55,56). The zero-order chi connectivity index (χ0) is 41.0. The molecule has 2 amide bonds. The molecule has 0 spiro atoms. The van der Waals surface area contributed by atoms with Gasteiger partial charge >= 0.3 is 11.9 Å². The van der Waals surface area contributed by atoms with Crippen molar-refractivity contribution in [3.8, 4) is 11.5 Å². The molecule has 0 saturated heterocycles. The molecule has 7 aromatic rings. The van der Waals surface area contributed by atoms with Crippen LogP contribution in [0.3, 0.4) is 0 Å². The summed E-state index contributed by atoms with van der Waals surface area (Å²) in [5, 5.41) is 27.5. The molecule has 0 unspecified atom stereocenters. The minimum atomic E-state index is -1.38. The monoisotopic (exact) mass is 761 g/mol. The molecule has 0 aliphatic heterocycles. The molecular weight excluding hydrogens is 719 g/mol. The zero-order valence-corrected chi connectivity index (χ0v) is 32.3. The lowest BCUT2D eigenvalue weighted by Crippen LogP contribution is -2.20. The predicted molar refractivity (Wildman–Crippen MR) is 226 cm³/mol. The number of hydrogen-bond acceptors (Lipinski definition) is 6. The average molecular weight is 762 g/mol. The molecule has 0 atom stereocenters. The number of amides is 2. The van der Waals surface area contributed by atoms with Gasteiger partial charge < -0.3 is 31.7 Å². The summed E-state index contributed by atoms with van der Waals surface area (Å²) in [4.78, 5) is 50.4. The van der Waals surface area contributed by atoms with E-state index in [1.54, 1.807) is 18.2 Å². The number of fused-ring (bicyclic) bond motifs is 5. The van der Waals surface area contributed by atoms with Gasteiger partial charge in [0.05, 0.1) is 16.7 Å². The molecule has 10 heteroatoms. The second-order valence-corrected chi connectivity index (χ2v) is 16.4. The number of nitrogens with one attached hydrogen (secondary N) is 1. The lowest BCUT2D eigenvalue weighted by atomic mass is 9.76. The molecule has 7 rings (SSSR count). The van der Waals surface area contributed by atoms with Crippen molar-refractivity contribution in [2.24, 2.45) is 11.1 Å². The van der Waals surface area contributed by atoms with E-state index in [1.165, 1.54) is 29.8 Å². The van der Waals surface area contributed by atoms with Crippen molar-refractivity contribution in [2.75, 3.05) is 11.1 Å². The molecule has 0 saturated carbocycles. The van der Waals surface area contributed by atoms with Crippen LogP contribution in [0.4, 0.5) is 11.4 Å². The molecule has 0 aromatic heterocycles. The first-order valence-electron chi connectivity index (χ1n) is 18.6. The van der Waals surface area contributed by atoms with Crippen molar-refractivity contribution in [3.05, 3.63) is 131 Å². The van der Waals surface area contributed by atoms with Crippen LogP contribution >= 0.6 is 0 Å². The second-order valence-electron chi connectivity index (χ2n) is 16.4. The van der Waals surface area contributed by atoms with Crippen LogP contribution in [-0.2, 0) is 5.41 Å². The quantitative estimate of drug-likeness (QED) is 0.0518. The Morgan fingerprint density at radius 1 is 0.614 bits per heavy atom. The molecule has 0 fully saturated rings. The van der Waals surface area contributed by atoms with Gasteiger partial charge in [0.25, 0.3) is 5.91 Å². The minimum absolute atomic E-state index is 0.00854. The van der Waals surface area contributed by atoms with Crippen molar-refractivity contribution in [3.63, 3.8) is 0 Å². The van der Waals surface area contributed by atoms with Crippen LogP contribution in [0.2, 0.25) is 0 Å². The minimum Gasteiger partial charge on any atom is -0.478 e. The number of carboxylic acid groups (broad SMARTS) is 2. The number of primary amides is 1. The maximum absolute atomic E-state index is 14.0. The van der Waals surface area contributed by atoms with Gasteiger partial charge in [-0.25, -0.2) is 9.59 Å². The van der Waals surface area contributed by atoms with Crippen LogP contribution in [0.25, 0.3) is 43.1 Å². The van der Waals surface area contributed by atoms with Crippen molar-refractivity contribution < 1.29 is 34.1 Å². The molecule has 0 aliphatic carbocycles. The number of ether oxygens (including phenoxy) is 1. The third kappa shape index (κ3) is 7.66. The lowest BCUT2D eigenvalue weighted by Gasteiger charge is -2.29. The Balaban J connectivity index is 1.26. The van der Waals surface area contributed by atoms with E-state index < -0.39 is 23.8 Å². The first-order chi connectivity index (χ1) is 26.9. The van der Waals surface area contributed by atoms with Gasteiger partial charge in [-0.2, -0.15) is 0 Å². The number of benzene rings is 7. The fourth-order valence-corrected chi connectivity index (χ4v) is 7.33. The summed E-state index contributed by atoms with van der Waals surface area (Å²) >= 11 is 0. The number of nitrogen functional groups attached to an aromatic ring is 1. The average Bonchev–Trinajstić information content (AvgIpc) is 3.15. The van der Waals surface area contributed by atoms with Crippen molar-refractivity contribution in [1.82, 2.24) is 0 Å². The highest BCUT2D eigenvalue weighted by molar-refractivity contribution is 6.21. The fourth-order valence-electron chi connectivity index (χ4n) is 7.33. The van der Waals surface area contributed by atoms with Gasteiger partial charge in [-0.05, 0) is 140 Å². The van der Waals surface area contributed by atoms with E-state index in [-0.39, 0.29) is 33.1 Å². The predicted octanol–water partition coefficient (Wildman–Crippen LogP) is 10.5. The summed E-state index contributed by atoms with van der Waals surface area (Å²) < 4.78 is 6.63. The first kappa shape index (κ1) is 38.3. The highest BCUT2D eigenvalue weighted by atomic mass is 16.5.